The van der Waals surface area contributed by atoms with Crippen LogP contribution in [-0.4, -0.2) is 41.7 Å². The Labute approximate surface area is 167 Å². The Morgan fingerprint density at radius 1 is 1.21 bits per heavy atom. The average molecular weight is 407 g/mol. The lowest BCUT2D eigenvalue weighted by molar-refractivity contribution is -0.154. The van der Waals surface area contributed by atoms with E-state index in [9.17, 15) is 18.0 Å². The number of hydrogen-bond acceptors (Lipinski definition) is 4. The predicted molar refractivity (Wildman–Crippen MR) is 102 cm³/mol. The number of nitrogens with one attached hydrogen (secondary N) is 1. The first-order valence-electron chi connectivity index (χ1n) is 9.57. The molecule has 156 valence electrons. The topological polar surface area (TPSA) is 54.5 Å². The highest BCUT2D eigenvalue weighted by atomic mass is 19.4. The number of rotatable bonds is 7. The number of carbonyl (C=O) groups excluding carboxylic acids is 1. The lowest BCUT2D eigenvalue weighted by atomic mass is 9.96. The van der Waals surface area contributed by atoms with E-state index in [-0.39, 0.29) is 24.2 Å². The van der Waals surface area contributed by atoms with Gasteiger partial charge in [-0.1, -0.05) is 30.3 Å². The van der Waals surface area contributed by atoms with Gasteiger partial charge >= 0.3 is 6.18 Å². The summed E-state index contributed by atoms with van der Waals surface area (Å²) in [5.41, 5.74) is 1.86. The van der Waals surface area contributed by atoms with Crippen LogP contribution < -0.4 is 10.1 Å². The fraction of sp³-hybridized carbons (Fsp3) is 0.429. The van der Waals surface area contributed by atoms with Gasteiger partial charge in [0.1, 0.15) is 0 Å². The highest BCUT2D eigenvalue weighted by Crippen LogP contribution is 2.20. The number of benzene rings is 1. The Kier molecular flexibility index (Phi) is 7.09. The summed E-state index contributed by atoms with van der Waals surface area (Å²) < 4.78 is 41.4. The number of aromatic nitrogens is 1. The molecule has 1 saturated heterocycles. The van der Waals surface area contributed by atoms with Gasteiger partial charge in [0.05, 0.1) is 5.92 Å². The van der Waals surface area contributed by atoms with Gasteiger partial charge in [0.15, 0.2) is 6.61 Å². The maximum atomic E-state index is 12.6. The summed E-state index contributed by atoms with van der Waals surface area (Å²) in [6.45, 7) is 1.29. The molecule has 1 aromatic carbocycles. The molecular formula is C21H24F3N3O2. The average Bonchev–Trinajstić information content (AvgIpc) is 2.71. The third-order valence-corrected chi connectivity index (χ3v) is 4.78. The number of ether oxygens (including phenoxy) is 1. The zero-order chi connectivity index (χ0) is 20.7. The number of hydrogen-bond donors (Lipinski definition) is 1. The number of nitrogens with zero attached hydrogens (tertiary/aromatic N) is 2. The summed E-state index contributed by atoms with van der Waals surface area (Å²) >= 11 is 0. The molecule has 0 spiro atoms. The second-order valence-electron chi connectivity index (χ2n) is 7.18. The first kappa shape index (κ1) is 21.1. The minimum atomic E-state index is -4.42. The number of carbonyl (C=O) groups is 1. The van der Waals surface area contributed by atoms with Crippen LogP contribution in [-0.2, 0) is 17.9 Å². The molecule has 2 aromatic rings. The molecule has 1 aliphatic rings. The molecule has 1 aliphatic heterocycles. The van der Waals surface area contributed by atoms with E-state index in [1.54, 1.807) is 6.07 Å². The molecule has 5 nitrogen and oxygen atoms in total. The van der Waals surface area contributed by atoms with E-state index >= 15 is 0 Å². The number of pyridine rings is 1. The number of amides is 1. The molecule has 1 fully saturated rings. The van der Waals surface area contributed by atoms with E-state index in [0.717, 1.165) is 25.9 Å². The smallest absolute Gasteiger partial charge is 0.422 e. The van der Waals surface area contributed by atoms with Gasteiger partial charge in [0, 0.05) is 31.9 Å². The molecule has 3 rings (SSSR count). The van der Waals surface area contributed by atoms with Crippen LogP contribution in [0.3, 0.4) is 0 Å². The summed E-state index contributed by atoms with van der Waals surface area (Å²) in [6.07, 6.45) is -1.27. The lowest BCUT2D eigenvalue weighted by Gasteiger charge is -2.32. The molecule has 29 heavy (non-hydrogen) atoms. The fourth-order valence-corrected chi connectivity index (χ4v) is 3.38. The fourth-order valence-electron chi connectivity index (χ4n) is 3.38. The quantitative estimate of drug-likeness (QED) is 0.763. The van der Waals surface area contributed by atoms with Crippen molar-refractivity contribution in [3.63, 3.8) is 0 Å². The lowest BCUT2D eigenvalue weighted by Crippen LogP contribution is -2.42. The van der Waals surface area contributed by atoms with Gasteiger partial charge in [-0.25, -0.2) is 4.98 Å². The maximum absolute atomic E-state index is 12.6. The molecule has 1 atom stereocenters. The third kappa shape index (κ3) is 7.05. The van der Waals surface area contributed by atoms with Crippen molar-refractivity contribution >= 4 is 5.91 Å². The maximum Gasteiger partial charge on any atom is 0.422 e. The second kappa shape index (κ2) is 9.73. The van der Waals surface area contributed by atoms with Crippen molar-refractivity contribution in [2.24, 2.45) is 5.92 Å². The Hall–Kier alpha value is -2.61. The van der Waals surface area contributed by atoms with Crippen LogP contribution in [0.4, 0.5) is 13.2 Å². The largest absolute Gasteiger partial charge is 0.468 e. The van der Waals surface area contributed by atoms with Gasteiger partial charge in [0.2, 0.25) is 11.8 Å². The molecular weight excluding hydrogens is 383 g/mol. The van der Waals surface area contributed by atoms with E-state index < -0.39 is 12.8 Å². The first-order chi connectivity index (χ1) is 13.9. The van der Waals surface area contributed by atoms with E-state index in [2.05, 4.69) is 32.1 Å². The van der Waals surface area contributed by atoms with Crippen LogP contribution >= 0.6 is 0 Å². The number of likely N-dealkylation sites (tertiary alicyclic amines) is 1. The molecule has 1 amide bonds. The SMILES string of the molecule is O=C(NCc1ccnc(OCC(F)(F)F)c1)C1CCCN(Cc2ccccc2)C1. The number of alkyl halides is 3. The summed E-state index contributed by atoms with van der Waals surface area (Å²) in [6, 6.07) is 13.2. The van der Waals surface area contributed by atoms with E-state index in [0.29, 0.717) is 12.1 Å². The second-order valence-corrected chi connectivity index (χ2v) is 7.18. The summed E-state index contributed by atoms with van der Waals surface area (Å²) in [4.78, 5) is 18.6. The molecule has 1 N–H and O–H groups in total. The van der Waals surface area contributed by atoms with Gasteiger partial charge in [-0.05, 0) is 36.6 Å². The molecule has 1 unspecified atom stereocenters. The van der Waals surface area contributed by atoms with E-state index in [4.69, 9.17) is 0 Å². The van der Waals surface area contributed by atoms with Gasteiger partial charge < -0.3 is 10.1 Å². The zero-order valence-corrected chi connectivity index (χ0v) is 16.0. The standard InChI is InChI=1S/C21H24F3N3O2/c22-21(23,24)15-29-19-11-17(8-9-25-19)12-26-20(28)18-7-4-10-27(14-18)13-16-5-2-1-3-6-16/h1-3,5-6,8-9,11,18H,4,7,10,12-15H2,(H,26,28). The van der Waals surface area contributed by atoms with Crippen LogP contribution in [0.15, 0.2) is 48.7 Å². The molecule has 0 saturated carbocycles. The molecule has 1 aromatic heterocycles. The Morgan fingerprint density at radius 3 is 2.76 bits per heavy atom. The Bertz CT molecular complexity index is 799. The van der Waals surface area contributed by atoms with Crippen LogP contribution in [0.5, 0.6) is 5.88 Å². The molecule has 0 aliphatic carbocycles. The summed E-state index contributed by atoms with van der Waals surface area (Å²) in [5.74, 6) is -0.256. The minimum Gasteiger partial charge on any atom is -0.468 e. The number of halogens is 3. The molecule has 0 bridgehead atoms. The highest BCUT2D eigenvalue weighted by molar-refractivity contribution is 5.79. The molecule has 8 heteroatoms. The van der Waals surface area contributed by atoms with Gasteiger partial charge in [0.25, 0.3) is 0 Å². The van der Waals surface area contributed by atoms with Gasteiger partial charge in [-0.15, -0.1) is 0 Å². The van der Waals surface area contributed by atoms with Gasteiger partial charge in [-0.2, -0.15) is 13.2 Å². The number of piperidine rings is 1. The van der Waals surface area contributed by atoms with E-state index in [1.165, 1.54) is 17.8 Å². The van der Waals surface area contributed by atoms with E-state index in [1.807, 2.05) is 18.2 Å². The van der Waals surface area contributed by atoms with Crippen LogP contribution in [0.25, 0.3) is 0 Å². The minimum absolute atomic E-state index is 0.0441. The van der Waals surface area contributed by atoms with Crippen molar-refractivity contribution in [2.45, 2.75) is 32.1 Å². The molecule has 0 radical (unpaired) electrons. The third-order valence-electron chi connectivity index (χ3n) is 4.78. The van der Waals surface area contributed by atoms with Gasteiger partial charge in [-0.3, -0.25) is 9.69 Å². The normalized spacial score (nSPS) is 17.7. The van der Waals surface area contributed by atoms with Crippen molar-refractivity contribution in [2.75, 3.05) is 19.7 Å². The Morgan fingerprint density at radius 2 is 2.00 bits per heavy atom. The van der Waals surface area contributed by atoms with Crippen molar-refractivity contribution in [1.82, 2.24) is 15.2 Å². The zero-order valence-electron chi connectivity index (χ0n) is 16.0. The molecule has 2 heterocycles. The van der Waals surface area contributed by atoms with Crippen molar-refractivity contribution in [3.05, 3.63) is 59.8 Å². The summed E-state index contributed by atoms with van der Waals surface area (Å²) in [7, 11) is 0. The van der Waals surface area contributed by atoms with Crippen LogP contribution in [0.2, 0.25) is 0 Å². The van der Waals surface area contributed by atoms with Crippen LogP contribution in [0.1, 0.15) is 24.0 Å². The predicted octanol–water partition coefficient (Wildman–Crippen LogP) is 3.55. The van der Waals surface area contributed by atoms with Crippen molar-refractivity contribution < 1.29 is 22.7 Å². The van der Waals surface area contributed by atoms with Crippen molar-refractivity contribution in [3.8, 4) is 5.88 Å². The monoisotopic (exact) mass is 407 g/mol. The van der Waals surface area contributed by atoms with Crippen molar-refractivity contribution in [1.29, 1.82) is 0 Å². The Balaban J connectivity index is 1.48. The first-order valence-corrected chi connectivity index (χ1v) is 9.57. The summed E-state index contributed by atoms with van der Waals surface area (Å²) in [5, 5.41) is 2.88. The van der Waals surface area contributed by atoms with Crippen LogP contribution in [0, 0.1) is 5.92 Å². The highest BCUT2D eigenvalue weighted by Gasteiger charge is 2.29.